The van der Waals surface area contributed by atoms with Gasteiger partial charge >= 0.3 is 0 Å². The molecule has 4 nitrogen and oxygen atoms in total. The third-order valence-electron chi connectivity index (χ3n) is 2.28. The Labute approximate surface area is 138 Å². The Bertz CT molecular complexity index is 471. The van der Waals surface area contributed by atoms with Crippen LogP contribution in [0.4, 0.5) is 0 Å². The number of aryl methyl sites for hydroxylation is 2. The molecule has 0 spiro atoms. The van der Waals surface area contributed by atoms with Crippen LogP contribution in [0.1, 0.15) is 25.2 Å². The van der Waals surface area contributed by atoms with Gasteiger partial charge in [0, 0.05) is 17.3 Å². The number of carbonyl (C=O) groups is 1. The number of alkyl halides is 3. The summed E-state index contributed by atoms with van der Waals surface area (Å²) in [5, 5.41) is 2.39. The molecule has 20 heavy (non-hydrogen) atoms. The van der Waals surface area contributed by atoms with Crippen molar-refractivity contribution in [3.05, 3.63) is 17.5 Å². The highest BCUT2D eigenvalue weighted by Gasteiger charge is 2.36. The van der Waals surface area contributed by atoms with E-state index in [0.717, 1.165) is 23.1 Å². The number of nitrogens with one attached hydrogen (secondary N) is 1. The Hall–Kier alpha value is -0.230. The van der Waals surface area contributed by atoms with Gasteiger partial charge in [-0.25, -0.2) is 9.97 Å². The lowest BCUT2D eigenvalue weighted by Crippen LogP contribution is -2.43. The molecule has 1 amide bonds. The van der Waals surface area contributed by atoms with Crippen molar-refractivity contribution in [1.29, 1.82) is 0 Å². The normalized spacial score (nSPS) is 13.4. The molecule has 8 heteroatoms. The van der Waals surface area contributed by atoms with Crippen molar-refractivity contribution in [2.24, 2.45) is 5.92 Å². The highest BCUT2D eigenvalue weighted by Crippen LogP contribution is 2.38. The van der Waals surface area contributed by atoms with Gasteiger partial charge in [0.2, 0.25) is 9.70 Å². The molecular weight excluding hydrogens is 341 g/mol. The van der Waals surface area contributed by atoms with Crippen molar-refractivity contribution in [3.8, 4) is 0 Å². The first kappa shape index (κ1) is 17.8. The minimum Gasteiger partial charge on any atom is -0.340 e. The number of carbonyl (C=O) groups excluding carboxylic acids is 1. The van der Waals surface area contributed by atoms with E-state index in [1.54, 1.807) is 13.8 Å². The fraction of sp³-hybridized carbons (Fsp3) is 0.583. The van der Waals surface area contributed by atoms with E-state index in [4.69, 9.17) is 34.8 Å². The van der Waals surface area contributed by atoms with E-state index < -0.39 is 9.17 Å². The van der Waals surface area contributed by atoms with Crippen LogP contribution in [0, 0.1) is 19.8 Å². The van der Waals surface area contributed by atoms with Gasteiger partial charge in [0.25, 0.3) is 0 Å². The zero-order valence-electron chi connectivity index (χ0n) is 11.6. The van der Waals surface area contributed by atoms with Crippen LogP contribution in [0.15, 0.2) is 11.2 Å². The number of aromatic nitrogens is 2. The summed E-state index contributed by atoms with van der Waals surface area (Å²) in [5.74, 6) is -0.399. The Morgan fingerprint density at radius 3 is 2.15 bits per heavy atom. The molecule has 0 fully saturated rings. The van der Waals surface area contributed by atoms with Crippen molar-refractivity contribution in [1.82, 2.24) is 15.3 Å². The van der Waals surface area contributed by atoms with Gasteiger partial charge in [-0.05, 0) is 19.9 Å². The van der Waals surface area contributed by atoms with Crippen LogP contribution in [0.2, 0.25) is 0 Å². The van der Waals surface area contributed by atoms with Crippen molar-refractivity contribution in [2.45, 2.75) is 42.0 Å². The Balaban J connectivity index is 2.93. The van der Waals surface area contributed by atoms with Crippen molar-refractivity contribution < 1.29 is 4.79 Å². The van der Waals surface area contributed by atoms with E-state index in [9.17, 15) is 4.79 Å². The second kappa shape index (κ2) is 7.16. The molecule has 1 heterocycles. The fourth-order valence-corrected chi connectivity index (χ4v) is 2.80. The summed E-state index contributed by atoms with van der Waals surface area (Å²) in [4.78, 5) is 20.3. The first-order valence-corrected chi connectivity index (χ1v) is 7.97. The van der Waals surface area contributed by atoms with E-state index in [1.807, 2.05) is 19.9 Å². The van der Waals surface area contributed by atoms with Crippen LogP contribution in [-0.4, -0.2) is 25.0 Å². The molecule has 0 radical (unpaired) electrons. The van der Waals surface area contributed by atoms with E-state index in [0.29, 0.717) is 5.16 Å². The van der Waals surface area contributed by atoms with Gasteiger partial charge in [-0.1, -0.05) is 60.4 Å². The maximum Gasteiger partial charge on any atom is 0.223 e. The maximum atomic E-state index is 11.8. The molecule has 0 aliphatic heterocycles. The SMILES string of the molecule is Cc1cc(C)nc(S[C@@H](NC(=O)C(C)C)C(Cl)(Cl)Cl)n1. The molecule has 1 rings (SSSR count). The van der Waals surface area contributed by atoms with E-state index in [-0.39, 0.29) is 11.8 Å². The van der Waals surface area contributed by atoms with Crippen LogP contribution in [0.3, 0.4) is 0 Å². The molecule has 0 aliphatic carbocycles. The highest BCUT2D eigenvalue weighted by molar-refractivity contribution is 8.00. The molecule has 0 unspecified atom stereocenters. The Kier molecular flexibility index (Phi) is 6.38. The average Bonchev–Trinajstić information content (AvgIpc) is 2.25. The third kappa shape index (κ3) is 5.64. The maximum absolute atomic E-state index is 11.8. The van der Waals surface area contributed by atoms with Gasteiger partial charge in [-0.2, -0.15) is 0 Å². The molecule has 1 aromatic rings. The molecule has 0 aromatic carbocycles. The fourth-order valence-electron chi connectivity index (χ4n) is 1.33. The van der Waals surface area contributed by atoms with Gasteiger partial charge in [-0.3, -0.25) is 4.79 Å². The molecule has 112 valence electrons. The molecular formula is C12H16Cl3N3OS. The lowest BCUT2D eigenvalue weighted by atomic mass is 10.2. The number of amides is 1. The van der Waals surface area contributed by atoms with Crippen LogP contribution in [-0.2, 0) is 4.79 Å². The number of hydrogen-bond donors (Lipinski definition) is 1. The van der Waals surface area contributed by atoms with Crippen LogP contribution in [0.5, 0.6) is 0 Å². The molecule has 1 atom stereocenters. The highest BCUT2D eigenvalue weighted by atomic mass is 35.6. The predicted molar refractivity (Wildman–Crippen MR) is 84.4 cm³/mol. The largest absolute Gasteiger partial charge is 0.340 e. The lowest BCUT2D eigenvalue weighted by Gasteiger charge is -2.25. The number of nitrogens with zero attached hydrogens (tertiary/aromatic N) is 2. The van der Waals surface area contributed by atoms with Gasteiger partial charge in [0.15, 0.2) is 5.16 Å². The molecule has 0 aliphatic rings. The van der Waals surface area contributed by atoms with Crippen molar-refractivity contribution in [2.75, 3.05) is 0 Å². The number of rotatable bonds is 4. The second-order valence-electron chi connectivity index (χ2n) is 4.64. The Morgan fingerprint density at radius 1 is 1.25 bits per heavy atom. The summed E-state index contributed by atoms with van der Waals surface area (Å²) >= 11 is 18.9. The minimum atomic E-state index is -1.66. The summed E-state index contributed by atoms with van der Waals surface area (Å²) in [6.07, 6.45) is 0. The van der Waals surface area contributed by atoms with E-state index in [2.05, 4.69) is 15.3 Å². The monoisotopic (exact) mass is 355 g/mol. The summed E-state index contributed by atoms with van der Waals surface area (Å²) in [6, 6.07) is 1.85. The van der Waals surface area contributed by atoms with Crippen LogP contribution < -0.4 is 5.32 Å². The number of halogens is 3. The number of hydrogen-bond acceptors (Lipinski definition) is 4. The van der Waals surface area contributed by atoms with Gasteiger partial charge in [0.05, 0.1) is 0 Å². The zero-order chi connectivity index (χ0) is 15.5. The van der Waals surface area contributed by atoms with Gasteiger partial charge in [0.1, 0.15) is 5.37 Å². The van der Waals surface area contributed by atoms with E-state index in [1.165, 1.54) is 0 Å². The summed E-state index contributed by atoms with van der Waals surface area (Å²) in [7, 11) is 0. The molecule has 0 saturated heterocycles. The van der Waals surface area contributed by atoms with Crippen LogP contribution >= 0.6 is 46.6 Å². The van der Waals surface area contributed by atoms with Crippen LogP contribution in [0.25, 0.3) is 0 Å². The third-order valence-corrected chi connectivity index (χ3v) is 4.42. The summed E-state index contributed by atoms with van der Waals surface area (Å²) in [6.45, 7) is 7.25. The number of thioether (sulfide) groups is 1. The molecule has 0 bridgehead atoms. The standard InChI is InChI=1S/C12H16Cl3N3OS/c1-6(2)9(19)18-10(12(13,14)15)20-11-16-7(3)5-8(4)17-11/h5-6,10H,1-4H3,(H,18,19)/t10-/m1/s1. The van der Waals surface area contributed by atoms with E-state index >= 15 is 0 Å². The predicted octanol–water partition coefficient (Wildman–Crippen LogP) is 3.65. The first-order chi connectivity index (χ1) is 9.09. The Morgan fingerprint density at radius 2 is 1.75 bits per heavy atom. The van der Waals surface area contributed by atoms with Crippen molar-refractivity contribution >= 4 is 52.5 Å². The zero-order valence-corrected chi connectivity index (χ0v) is 14.7. The quantitative estimate of drug-likeness (QED) is 0.387. The summed E-state index contributed by atoms with van der Waals surface area (Å²) < 4.78 is -1.66. The van der Waals surface area contributed by atoms with Gasteiger partial charge < -0.3 is 5.32 Å². The molecule has 0 saturated carbocycles. The minimum absolute atomic E-state index is 0.196. The summed E-state index contributed by atoms with van der Waals surface area (Å²) in [5.41, 5.74) is 1.64. The molecule has 1 N–H and O–H groups in total. The topological polar surface area (TPSA) is 54.9 Å². The average molecular weight is 357 g/mol. The first-order valence-electron chi connectivity index (χ1n) is 5.95. The smallest absolute Gasteiger partial charge is 0.223 e. The van der Waals surface area contributed by atoms with Gasteiger partial charge in [-0.15, -0.1) is 0 Å². The molecule has 1 aromatic heterocycles. The second-order valence-corrected chi connectivity index (χ2v) is 8.08. The lowest BCUT2D eigenvalue weighted by molar-refractivity contribution is -0.124. The van der Waals surface area contributed by atoms with Crippen molar-refractivity contribution in [3.63, 3.8) is 0 Å².